The largest absolute Gasteiger partial charge is 0.493 e. The lowest BCUT2D eigenvalue weighted by Crippen LogP contribution is -2.61. The summed E-state index contributed by atoms with van der Waals surface area (Å²) in [7, 11) is 4.64. The van der Waals surface area contributed by atoms with Crippen molar-refractivity contribution in [2.45, 2.75) is 67.5 Å². The summed E-state index contributed by atoms with van der Waals surface area (Å²) in [6.45, 7) is 0.296. The van der Waals surface area contributed by atoms with Gasteiger partial charge in [-0.15, -0.1) is 0 Å². The summed E-state index contributed by atoms with van der Waals surface area (Å²) in [6, 6.07) is 11.0. The van der Waals surface area contributed by atoms with E-state index in [1.807, 2.05) is 24.3 Å². The van der Waals surface area contributed by atoms with Crippen LogP contribution in [-0.2, 0) is 23.7 Å². The van der Waals surface area contributed by atoms with Crippen LogP contribution in [0.4, 0.5) is 0 Å². The van der Waals surface area contributed by atoms with Crippen molar-refractivity contribution >= 4 is 0 Å². The number of hydrogen-bond donors (Lipinski definition) is 6. The van der Waals surface area contributed by atoms with Gasteiger partial charge in [-0.1, -0.05) is 12.1 Å². The Bertz CT molecular complexity index is 1360. The summed E-state index contributed by atoms with van der Waals surface area (Å²) in [6.07, 6.45) is -13.6. The highest BCUT2D eigenvalue weighted by Gasteiger charge is 2.49. The van der Waals surface area contributed by atoms with Crippen LogP contribution in [-0.4, -0.2) is 134 Å². The molecule has 47 heavy (non-hydrogen) atoms. The van der Waals surface area contributed by atoms with Gasteiger partial charge in [0.25, 0.3) is 0 Å². The first kappa shape index (κ1) is 34.1. The number of rotatable bonds is 10. The maximum atomic E-state index is 10.7. The average Bonchev–Trinajstić information content (AvgIpc) is 3.70. The topological polar surface area (TPSA) is 204 Å². The molecule has 0 amide bonds. The van der Waals surface area contributed by atoms with Crippen LogP contribution in [0.2, 0.25) is 0 Å². The highest BCUT2D eigenvalue weighted by atomic mass is 16.7. The van der Waals surface area contributed by atoms with E-state index in [2.05, 4.69) is 0 Å². The van der Waals surface area contributed by atoms with E-state index >= 15 is 0 Å². The molecule has 0 radical (unpaired) electrons. The fraction of sp³-hybridized carbons (Fsp3) is 0.625. The molecule has 4 aliphatic heterocycles. The van der Waals surface area contributed by atoms with Gasteiger partial charge in [-0.25, -0.2) is 0 Å². The molecule has 6 N–H and O–H groups in total. The third-order valence-electron chi connectivity index (χ3n) is 9.31. The first-order chi connectivity index (χ1) is 22.6. The second-order valence-electron chi connectivity index (χ2n) is 12.1. The Morgan fingerprint density at radius 3 is 1.74 bits per heavy atom. The Morgan fingerprint density at radius 2 is 1.15 bits per heavy atom. The van der Waals surface area contributed by atoms with Crippen LogP contribution in [0.15, 0.2) is 36.4 Å². The zero-order valence-electron chi connectivity index (χ0n) is 26.2. The fourth-order valence-electron chi connectivity index (χ4n) is 6.62. The van der Waals surface area contributed by atoms with Crippen LogP contribution >= 0.6 is 0 Å². The van der Waals surface area contributed by atoms with Gasteiger partial charge >= 0.3 is 0 Å². The molecule has 0 unspecified atom stereocenters. The van der Waals surface area contributed by atoms with Crippen molar-refractivity contribution in [3.05, 3.63) is 47.5 Å². The van der Waals surface area contributed by atoms with Gasteiger partial charge in [-0.3, -0.25) is 0 Å². The van der Waals surface area contributed by atoms with E-state index in [4.69, 9.17) is 42.6 Å². The highest BCUT2D eigenvalue weighted by Crippen LogP contribution is 2.51. The molecule has 2 aromatic rings. The standard InChI is InChI=1S/C32H42O15/c1-39-19-6-4-14(8-21(19)40-2)29-16-10-43-30(17(16)11-42-29)15-5-7-20(22(9-15)41-3)46-32-28(38)26(36)25(35)23(47-32)13-45-31-27(37)24(34)18(33)12-44-31/h4-9,16-18,23-38H,10-13H2,1-3H3/t16-,17-,18+,23+,24-,25+,26-,27+,28+,29-,30+,31+,32+/m0/s1. The number of aliphatic hydroxyl groups excluding tert-OH is 6. The second-order valence-corrected chi connectivity index (χ2v) is 12.1. The van der Waals surface area contributed by atoms with Crippen molar-refractivity contribution in [2.75, 3.05) is 47.8 Å². The molecule has 15 heteroatoms. The number of aliphatic hydroxyl groups is 6. The van der Waals surface area contributed by atoms with Crippen LogP contribution in [0, 0.1) is 11.8 Å². The minimum Gasteiger partial charge on any atom is -0.493 e. The molecule has 13 atom stereocenters. The van der Waals surface area contributed by atoms with Gasteiger partial charge in [0, 0.05) is 11.8 Å². The van der Waals surface area contributed by atoms with Gasteiger partial charge in [0.05, 0.1) is 60.0 Å². The van der Waals surface area contributed by atoms with Gasteiger partial charge in [-0.05, 0) is 35.4 Å². The predicted molar refractivity (Wildman–Crippen MR) is 158 cm³/mol. The van der Waals surface area contributed by atoms with E-state index < -0.39 is 61.9 Å². The molecule has 260 valence electrons. The van der Waals surface area contributed by atoms with Gasteiger partial charge in [0.1, 0.15) is 42.7 Å². The Morgan fingerprint density at radius 1 is 0.596 bits per heavy atom. The van der Waals surface area contributed by atoms with Crippen molar-refractivity contribution in [3.63, 3.8) is 0 Å². The summed E-state index contributed by atoms with van der Waals surface area (Å²) >= 11 is 0. The van der Waals surface area contributed by atoms with Crippen molar-refractivity contribution < 1.29 is 73.3 Å². The molecule has 6 rings (SSSR count). The van der Waals surface area contributed by atoms with Gasteiger partial charge < -0.3 is 73.3 Å². The third kappa shape index (κ3) is 6.63. The fourth-order valence-corrected chi connectivity index (χ4v) is 6.62. The Hall–Kier alpha value is -2.80. The summed E-state index contributed by atoms with van der Waals surface area (Å²) in [5.74, 6) is 1.95. The number of benzene rings is 2. The monoisotopic (exact) mass is 666 g/mol. The quantitative estimate of drug-likeness (QED) is 0.188. The molecule has 4 saturated heterocycles. The lowest BCUT2D eigenvalue weighted by Gasteiger charge is -2.41. The van der Waals surface area contributed by atoms with Crippen LogP contribution in [0.3, 0.4) is 0 Å². The maximum Gasteiger partial charge on any atom is 0.229 e. The second kappa shape index (κ2) is 14.4. The van der Waals surface area contributed by atoms with E-state index in [9.17, 15) is 30.6 Å². The molecule has 0 aliphatic carbocycles. The smallest absolute Gasteiger partial charge is 0.229 e. The van der Waals surface area contributed by atoms with E-state index in [0.717, 1.165) is 11.1 Å². The van der Waals surface area contributed by atoms with Gasteiger partial charge in [0.15, 0.2) is 29.3 Å². The average molecular weight is 667 g/mol. The van der Waals surface area contributed by atoms with Crippen LogP contribution < -0.4 is 18.9 Å². The Kier molecular flexibility index (Phi) is 10.4. The number of hydrogen-bond acceptors (Lipinski definition) is 15. The van der Waals surface area contributed by atoms with E-state index in [1.54, 1.807) is 26.4 Å². The molecule has 4 aliphatic rings. The molecular weight excluding hydrogens is 624 g/mol. The van der Waals surface area contributed by atoms with Crippen LogP contribution in [0.25, 0.3) is 0 Å². The normalized spacial score (nSPS) is 38.5. The van der Waals surface area contributed by atoms with E-state index in [-0.39, 0.29) is 36.4 Å². The summed E-state index contributed by atoms with van der Waals surface area (Å²) in [4.78, 5) is 0. The molecule has 0 bridgehead atoms. The highest BCUT2D eigenvalue weighted by molar-refractivity contribution is 5.45. The zero-order chi connectivity index (χ0) is 33.4. The van der Waals surface area contributed by atoms with Crippen molar-refractivity contribution in [2.24, 2.45) is 11.8 Å². The maximum absolute atomic E-state index is 10.7. The first-order valence-electron chi connectivity index (χ1n) is 15.4. The SMILES string of the molecule is COc1ccc([C@@H]2OC[C@H]3[C@@H]2CO[C@@H]3c2ccc(O[C@@H]3O[C@H](CO[C@H]4OC[C@@H](O)[C@H](O)[C@H]4O)[C@@H](O)[C@H](O)[C@H]3O)c(OC)c2)cc1OC. The molecule has 4 heterocycles. The van der Waals surface area contributed by atoms with Crippen molar-refractivity contribution in [1.82, 2.24) is 0 Å². The summed E-state index contributed by atoms with van der Waals surface area (Å²) in [5.41, 5.74) is 1.81. The third-order valence-corrected chi connectivity index (χ3v) is 9.31. The van der Waals surface area contributed by atoms with Gasteiger partial charge in [0.2, 0.25) is 6.29 Å². The predicted octanol–water partition coefficient (Wildman–Crippen LogP) is -0.570. The lowest BCUT2D eigenvalue weighted by molar-refractivity contribution is -0.307. The zero-order valence-corrected chi connectivity index (χ0v) is 26.2. The molecule has 0 saturated carbocycles. The summed E-state index contributed by atoms with van der Waals surface area (Å²) < 4.78 is 51.4. The number of ether oxygens (including phenoxy) is 9. The van der Waals surface area contributed by atoms with E-state index in [1.165, 1.54) is 7.11 Å². The molecular formula is C32H42O15. The number of methoxy groups -OCH3 is 3. The van der Waals surface area contributed by atoms with E-state index in [0.29, 0.717) is 30.5 Å². The molecule has 0 aromatic heterocycles. The Balaban J connectivity index is 1.12. The van der Waals surface area contributed by atoms with Crippen molar-refractivity contribution in [3.8, 4) is 23.0 Å². The molecule has 4 fully saturated rings. The minimum absolute atomic E-state index is 0.0708. The van der Waals surface area contributed by atoms with Crippen molar-refractivity contribution in [1.29, 1.82) is 0 Å². The summed E-state index contributed by atoms with van der Waals surface area (Å²) in [5, 5.41) is 61.4. The molecule has 15 nitrogen and oxygen atoms in total. The first-order valence-corrected chi connectivity index (χ1v) is 15.4. The minimum atomic E-state index is -1.66. The molecule has 2 aromatic carbocycles. The van der Waals surface area contributed by atoms with Crippen LogP contribution in [0.1, 0.15) is 23.3 Å². The van der Waals surface area contributed by atoms with Gasteiger partial charge in [-0.2, -0.15) is 0 Å². The number of fused-ring (bicyclic) bond motifs is 1. The molecule has 0 spiro atoms. The lowest BCUT2D eigenvalue weighted by atomic mass is 9.85. The Labute approximate surface area is 271 Å². The van der Waals surface area contributed by atoms with Crippen LogP contribution in [0.5, 0.6) is 23.0 Å².